The third-order valence-corrected chi connectivity index (χ3v) is 8.88. The average Bonchev–Trinajstić information content (AvgIpc) is 3.35. The number of Topliss-reactive ketones (excluding diaryl/α,β-unsaturated/α-hetero) is 1. The summed E-state index contributed by atoms with van der Waals surface area (Å²) in [6.07, 6.45) is 2.29. The van der Waals surface area contributed by atoms with E-state index in [0.29, 0.717) is 11.3 Å². The molecule has 1 aliphatic carbocycles. The molecule has 6 rings (SSSR count). The van der Waals surface area contributed by atoms with Crippen LogP contribution in [-0.2, 0) is 9.59 Å². The Bertz CT molecular complexity index is 1350. The van der Waals surface area contributed by atoms with E-state index in [1.54, 1.807) is 36.0 Å². The first-order valence-corrected chi connectivity index (χ1v) is 12.9. The predicted octanol–water partition coefficient (Wildman–Crippen LogP) is 6.02. The van der Waals surface area contributed by atoms with E-state index in [0.717, 1.165) is 20.5 Å². The van der Waals surface area contributed by atoms with Crippen LogP contribution < -0.4 is 4.90 Å². The standard InChI is InChI=1S/C28H20BrNO3S/c29-18-10-12-19(13-11-18)30-27(32)24-17(15-22(31)16-6-2-1-3-7-16)14-21-20-8-4-5-9-23(20)34-26(21)25(24)28(30)33/h1-14,17,24-26H,15H2/t17-,24+,25+,26-/m1/s1. The fourth-order valence-corrected chi connectivity index (χ4v) is 7.19. The number of fused-ring (bicyclic) bond motifs is 5. The molecule has 1 fully saturated rings. The van der Waals surface area contributed by atoms with Gasteiger partial charge in [0.05, 0.1) is 17.5 Å². The first kappa shape index (κ1) is 21.6. The molecule has 4 nitrogen and oxygen atoms in total. The summed E-state index contributed by atoms with van der Waals surface area (Å²) in [4.78, 5) is 43.2. The molecule has 3 aromatic carbocycles. The molecule has 168 valence electrons. The highest BCUT2D eigenvalue weighted by Gasteiger charge is 2.58. The molecule has 0 unspecified atom stereocenters. The maximum absolute atomic E-state index is 13.8. The number of carbonyl (C=O) groups excluding carboxylic acids is 3. The quantitative estimate of drug-likeness (QED) is 0.306. The summed E-state index contributed by atoms with van der Waals surface area (Å²) < 4.78 is 0.879. The van der Waals surface area contributed by atoms with E-state index in [1.807, 2.05) is 42.5 Å². The van der Waals surface area contributed by atoms with Crippen molar-refractivity contribution >= 4 is 56.5 Å². The molecular weight excluding hydrogens is 510 g/mol. The summed E-state index contributed by atoms with van der Waals surface area (Å²) in [6, 6.07) is 24.5. The molecule has 2 heterocycles. The molecular formula is C28H20BrNO3S. The minimum absolute atomic E-state index is 0.0130. The van der Waals surface area contributed by atoms with Gasteiger partial charge in [0.25, 0.3) is 0 Å². The number of thioether (sulfide) groups is 1. The Labute approximate surface area is 210 Å². The maximum atomic E-state index is 13.8. The second-order valence-electron chi connectivity index (χ2n) is 8.85. The van der Waals surface area contributed by atoms with Gasteiger partial charge in [-0.15, -0.1) is 11.8 Å². The van der Waals surface area contributed by atoms with E-state index < -0.39 is 11.8 Å². The van der Waals surface area contributed by atoms with E-state index in [9.17, 15) is 14.4 Å². The van der Waals surface area contributed by atoms with Crippen molar-refractivity contribution in [3.05, 3.63) is 101 Å². The smallest absolute Gasteiger partial charge is 0.239 e. The minimum Gasteiger partial charge on any atom is -0.294 e. The van der Waals surface area contributed by atoms with Gasteiger partial charge >= 0.3 is 0 Å². The Morgan fingerprint density at radius 3 is 2.29 bits per heavy atom. The molecule has 0 N–H and O–H groups in total. The summed E-state index contributed by atoms with van der Waals surface area (Å²) in [6.45, 7) is 0. The highest BCUT2D eigenvalue weighted by Crippen LogP contribution is 2.57. The summed E-state index contributed by atoms with van der Waals surface area (Å²) in [5, 5.41) is -0.123. The zero-order valence-corrected chi connectivity index (χ0v) is 20.5. The zero-order chi connectivity index (χ0) is 23.4. The monoisotopic (exact) mass is 529 g/mol. The van der Waals surface area contributed by atoms with Crippen LogP contribution in [0.2, 0.25) is 0 Å². The van der Waals surface area contributed by atoms with E-state index in [1.165, 1.54) is 4.90 Å². The number of ketones is 1. The van der Waals surface area contributed by atoms with Crippen LogP contribution in [0.4, 0.5) is 5.69 Å². The van der Waals surface area contributed by atoms with Crippen LogP contribution in [0.3, 0.4) is 0 Å². The van der Waals surface area contributed by atoms with Crippen LogP contribution in [0, 0.1) is 17.8 Å². The largest absolute Gasteiger partial charge is 0.294 e. The number of hydrogen-bond donors (Lipinski definition) is 0. The summed E-state index contributed by atoms with van der Waals surface area (Å²) in [5.74, 6) is -1.80. The molecule has 1 saturated heterocycles. The first-order valence-electron chi connectivity index (χ1n) is 11.2. The SMILES string of the molecule is O=C(C[C@H]1C=C2c3ccccc3S[C@H]2[C@H]2C(=O)N(c3ccc(Br)cc3)C(=O)[C@H]21)c1ccccc1. The van der Waals surface area contributed by atoms with Crippen molar-refractivity contribution in [3.63, 3.8) is 0 Å². The number of allylic oxidation sites excluding steroid dienone is 1. The topological polar surface area (TPSA) is 54.5 Å². The second-order valence-corrected chi connectivity index (χ2v) is 11.0. The predicted molar refractivity (Wildman–Crippen MR) is 137 cm³/mol. The van der Waals surface area contributed by atoms with E-state index in [2.05, 4.69) is 34.1 Å². The first-order chi connectivity index (χ1) is 16.5. The van der Waals surface area contributed by atoms with Crippen molar-refractivity contribution in [1.29, 1.82) is 0 Å². The van der Waals surface area contributed by atoms with E-state index >= 15 is 0 Å². The van der Waals surface area contributed by atoms with Crippen molar-refractivity contribution in [2.45, 2.75) is 16.6 Å². The lowest BCUT2D eigenvalue weighted by Crippen LogP contribution is -2.37. The average molecular weight is 530 g/mol. The molecule has 34 heavy (non-hydrogen) atoms. The molecule has 4 atom stereocenters. The van der Waals surface area contributed by atoms with Crippen LogP contribution >= 0.6 is 27.7 Å². The normalized spacial score (nSPS) is 25.0. The number of amides is 2. The van der Waals surface area contributed by atoms with Gasteiger partial charge in [-0.2, -0.15) is 0 Å². The molecule has 0 saturated carbocycles. The number of imide groups is 1. The molecule has 0 radical (unpaired) electrons. The molecule has 0 spiro atoms. The number of anilines is 1. The van der Waals surface area contributed by atoms with Gasteiger partial charge in [-0.1, -0.05) is 70.5 Å². The highest BCUT2D eigenvalue weighted by molar-refractivity contribution is 9.10. The molecule has 2 amide bonds. The fourth-order valence-electron chi connectivity index (χ4n) is 5.41. The lowest BCUT2D eigenvalue weighted by atomic mass is 9.71. The second kappa shape index (κ2) is 8.36. The van der Waals surface area contributed by atoms with Gasteiger partial charge in [0.1, 0.15) is 0 Å². The van der Waals surface area contributed by atoms with Crippen molar-refractivity contribution in [1.82, 2.24) is 0 Å². The molecule has 0 aromatic heterocycles. The van der Waals surface area contributed by atoms with Crippen LogP contribution in [0.5, 0.6) is 0 Å². The summed E-state index contributed by atoms with van der Waals surface area (Å²) in [7, 11) is 0. The number of benzene rings is 3. The van der Waals surface area contributed by atoms with Crippen LogP contribution in [0.15, 0.2) is 94.3 Å². The highest BCUT2D eigenvalue weighted by atomic mass is 79.9. The summed E-state index contributed by atoms with van der Waals surface area (Å²) >= 11 is 5.08. The van der Waals surface area contributed by atoms with Crippen molar-refractivity contribution in [2.75, 3.05) is 4.90 Å². The lowest BCUT2D eigenvalue weighted by Gasteiger charge is -2.32. The van der Waals surface area contributed by atoms with E-state index in [-0.39, 0.29) is 35.2 Å². The Balaban J connectivity index is 1.43. The van der Waals surface area contributed by atoms with Gasteiger partial charge in [0, 0.05) is 26.6 Å². The molecule has 2 aliphatic heterocycles. The summed E-state index contributed by atoms with van der Waals surface area (Å²) in [5.41, 5.74) is 3.38. The molecule has 3 aromatic rings. The lowest BCUT2D eigenvalue weighted by molar-refractivity contribution is -0.122. The third-order valence-electron chi connectivity index (χ3n) is 6.94. The van der Waals surface area contributed by atoms with Crippen molar-refractivity contribution in [2.24, 2.45) is 17.8 Å². The van der Waals surface area contributed by atoms with Gasteiger partial charge < -0.3 is 0 Å². The minimum atomic E-state index is -0.556. The Kier molecular flexibility index (Phi) is 5.30. The third kappa shape index (κ3) is 3.39. The number of carbonyl (C=O) groups is 3. The number of rotatable bonds is 4. The molecule has 3 aliphatic rings. The van der Waals surface area contributed by atoms with Gasteiger partial charge in [0.15, 0.2) is 5.78 Å². The van der Waals surface area contributed by atoms with Gasteiger partial charge in [0.2, 0.25) is 11.8 Å². The zero-order valence-electron chi connectivity index (χ0n) is 18.1. The number of hydrogen-bond acceptors (Lipinski definition) is 4. The maximum Gasteiger partial charge on any atom is 0.239 e. The van der Waals surface area contributed by atoms with Gasteiger partial charge in [-0.25, -0.2) is 4.90 Å². The van der Waals surface area contributed by atoms with Gasteiger partial charge in [-0.05, 0) is 47.4 Å². The Morgan fingerprint density at radius 1 is 0.853 bits per heavy atom. The molecule has 0 bridgehead atoms. The number of nitrogens with zero attached hydrogens (tertiary/aromatic N) is 1. The van der Waals surface area contributed by atoms with Crippen molar-refractivity contribution in [3.8, 4) is 0 Å². The van der Waals surface area contributed by atoms with E-state index in [4.69, 9.17) is 0 Å². The van der Waals surface area contributed by atoms with Crippen LogP contribution in [-0.4, -0.2) is 22.8 Å². The van der Waals surface area contributed by atoms with Crippen LogP contribution in [0.1, 0.15) is 22.3 Å². The molecule has 6 heteroatoms. The van der Waals surface area contributed by atoms with Crippen molar-refractivity contribution < 1.29 is 14.4 Å². The Hall–Kier alpha value is -2.96. The fraction of sp³-hybridized carbons (Fsp3) is 0.179. The van der Waals surface area contributed by atoms with Gasteiger partial charge in [-0.3, -0.25) is 14.4 Å². The Morgan fingerprint density at radius 2 is 1.53 bits per heavy atom. The number of halogens is 1. The van der Waals surface area contributed by atoms with Crippen LogP contribution in [0.25, 0.3) is 5.57 Å².